The predicted octanol–water partition coefficient (Wildman–Crippen LogP) is 2.04. The fourth-order valence-electron chi connectivity index (χ4n) is 2.24. The van der Waals surface area contributed by atoms with Gasteiger partial charge < -0.3 is 10.0 Å². The third-order valence-electron chi connectivity index (χ3n) is 3.69. The molecule has 0 saturated carbocycles. The lowest BCUT2D eigenvalue weighted by Crippen LogP contribution is -2.53. The van der Waals surface area contributed by atoms with Crippen LogP contribution in [-0.4, -0.2) is 39.9 Å². The van der Waals surface area contributed by atoms with Crippen LogP contribution in [0.25, 0.3) is 0 Å². The summed E-state index contributed by atoms with van der Waals surface area (Å²) in [5.41, 5.74) is -0.493. The van der Waals surface area contributed by atoms with E-state index >= 15 is 0 Å². The summed E-state index contributed by atoms with van der Waals surface area (Å²) in [6.07, 6.45) is 0. The number of carboxylic acids is 1. The maximum atomic E-state index is 12.3. The lowest BCUT2D eigenvalue weighted by atomic mass is 9.86. The highest BCUT2D eigenvalue weighted by atomic mass is 35.5. The van der Waals surface area contributed by atoms with Crippen LogP contribution in [0.15, 0.2) is 18.2 Å². The number of nitrogens with zero attached hydrogens (tertiary/aromatic N) is 2. The number of benzene rings is 1. The van der Waals surface area contributed by atoms with Gasteiger partial charge in [-0.25, -0.2) is 0 Å². The van der Waals surface area contributed by atoms with Gasteiger partial charge in [-0.15, -0.1) is 0 Å². The molecule has 21 heavy (non-hydrogen) atoms. The molecule has 1 amide bonds. The van der Waals surface area contributed by atoms with Crippen LogP contribution in [-0.2, 0) is 4.79 Å². The molecule has 2 rings (SSSR count). The van der Waals surface area contributed by atoms with Gasteiger partial charge in [0.15, 0.2) is 0 Å². The highest BCUT2D eigenvalue weighted by molar-refractivity contribution is 6.33. The Bertz CT molecular complexity index is 613. The number of hydrogen-bond acceptors (Lipinski definition) is 4. The van der Waals surface area contributed by atoms with E-state index in [0.717, 1.165) is 0 Å². The molecule has 1 aromatic rings. The third kappa shape index (κ3) is 2.82. The first-order chi connectivity index (χ1) is 9.82. The molecule has 0 aromatic heterocycles. The molecule has 112 valence electrons. The molecule has 8 heteroatoms. The molecule has 0 radical (unpaired) electrons. The van der Waals surface area contributed by atoms with Gasteiger partial charge in [0, 0.05) is 19.0 Å². The number of carboxylic acid groups (broad SMARTS) is 1. The van der Waals surface area contributed by atoms with E-state index in [1.807, 2.05) is 0 Å². The number of aliphatic carboxylic acids is 1. The van der Waals surface area contributed by atoms with Gasteiger partial charge in [-0.2, -0.15) is 0 Å². The van der Waals surface area contributed by atoms with Crippen LogP contribution in [0.2, 0.25) is 5.02 Å². The van der Waals surface area contributed by atoms with Crippen LogP contribution in [0.5, 0.6) is 0 Å². The number of para-hydroxylation sites is 1. The number of nitro groups is 1. The van der Waals surface area contributed by atoms with Crippen LogP contribution >= 0.6 is 11.6 Å². The fraction of sp³-hybridized carbons (Fsp3) is 0.385. The molecule has 0 spiro atoms. The fourth-order valence-corrected chi connectivity index (χ4v) is 2.48. The summed E-state index contributed by atoms with van der Waals surface area (Å²) in [4.78, 5) is 34.8. The van der Waals surface area contributed by atoms with Gasteiger partial charge in [0.2, 0.25) is 0 Å². The number of nitro benzene ring substituents is 1. The number of halogens is 1. The molecule has 1 N–H and O–H groups in total. The van der Waals surface area contributed by atoms with Crippen molar-refractivity contribution in [1.82, 2.24) is 4.90 Å². The number of amides is 1. The molecule has 1 atom stereocenters. The molecule has 1 aliphatic rings. The molecular formula is C13H13ClN2O5. The minimum absolute atomic E-state index is 0.0751. The van der Waals surface area contributed by atoms with Crippen molar-refractivity contribution in [3.05, 3.63) is 38.9 Å². The van der Waals surface area contributed by atoms with Crippen molar-refractivity contribution in [3.63, 3.8) is 0 Å². The van der Waals surface area contributed by atoms with Crippen LogP contribution in [0.4, 0.5) is 5.69 Å². The zero-order valence-electron chi connectivity index (χ0n) is 11.2. The van der Waals surface area contributed by atoms with E-state index in [2.05, 4.69) is 0 Å². The second-order valence-corrected chi connectivity index (χ2v) is 5.40. The Morgan fingerprint density at radius 2 is 2.10 bits per heavy atom. The third-order valence-corrected chi connectivity index (χ3v) is 4.00. The van der Waals surface area contributed by atoms with Gasteiger partial charge in [0.1, 0.15) is 10.6 Å². The van der Waals surface area contributed by atoms with Crippen molar-refractivity contribution in [2.24, 2.45) is 11.8 Å². The van der Waals surface area contributed by atoms with Gasteiger partial charge >= 0.3 is 11.7 Å². The average Bonchev–Trinajstić information content (AvgIpc) is 2.35. The van der Waals surface area contributed by atoms with Crippen molar-refractivity contribution in [2.75, 3.05) is 13.1 Å². The molecule has 1 fully saturated rings. The molecule has 0 aliphatic carbocycles. The summed E-state index contributed by atoms with van der Waals surface area (Å²) in [7, 11) is 0. The molecular weight excluding hydrogens is 300 g/mol. The van der Waals surface area contributed by atoms with Crippen LogP contribution < -0.4 is 0 Å². The highest BCUT2D eigenvalue weighted by Gasteiger charge is 2.39. The zero-order chi connectivity index (χ0) is 15.7. The first-order valence-corrected chi connectivity index (χ1v) is 6.65. The summed E-state index contributed by atoms with van der Waals surface area (Å²) < 4.78 is 0. The molecule has 1 aliphatic heterocycles. The average molecular weight is 313 g/mol. The van der Waals surface area contributed by atoms with Crippen LogP contribution in [0, 0.1) is 22.0 Å². The van der Waals surface area contributed by atoms with Gasteiger partial charge in [0.25, 0.3) is 5.91 Å². The standard InChI is InChI=1S/C13H13ClN2O5/c1-7(13(18)19)8-5-15(6-8)12(17)9-3-2-4-10(14)11(9)16(20)21/h2-4,7-8H,5-6H2,1H3,(H,18,19). The Balaban J connectivity index is 2.15. The molecule has 1 aromatic carbocycles. The zero-order valence-corrected chi connectivity index (χ0v) is 11.9. The Morgan fingerprint density at radius 1 is 1.48 bits per heavy atom. The maximum absolute atomic E-state index is 12.3. The molecule has 1 unspecified atom stereocenters. The summed E-state index contributed by atoms with van der Waals surface area (Å²) >= 11 is 5.76. The van der Waals surface area contributed by atoms with E-state index in [0.29, 0.717) is 0 Å². The van der Waals surface area contributed by atoms with Gasteiger partial charge in [0.05, 0.1) is 10.8 Å². The summed E-state index contributed by atoms with van der Waals surface area (Å²) in [6.45, 7) is 2.13. The van der Waals surface area contributed by atoms with Crippen LogP contribution in [0.1, 0.15) is 17.3 Å². The minimum Gasteiger partial charge on any atom is -0.481 e. The van der Waals surface area contributed by atoms with Crippen LogP contribution in [0.3, 0.4) is 0 Å². The number of likely N-dealkylation sites (tertiary alicyclic amines) is 1. The van der Waals surface area contributed by atoms with E-state index in [4.69, 9.17) is 16.7 Å². The van der Waals surface area contributed by atoms with Crippen molar-refractivity contribution in [2.45, 2.75) is 6.92 Å². The number of hydrogen-bond donors (Lipinski definition) is 1. The van der Waals surface area contributed by atoms with E-state index in [-0.39, 0.29) is 29.6 Å². The summed E-state index contributed by atoms with van der Waals surface area (Å²) in [5, 5.41) is 19.8. The smallest absolute Gasteiger partial charge is 0.306 e. The molecule has 1 saturated heterocycles. The van der Waals surface area contributed by atoms with E-state index in [9.17, 15) is 19.7 Å². The monoisotopic (exact) mass is 312 g/mol. The second-order valence-electron chi connectivity index (χ2n) is 4.99. The van der Waals surface area contributed by atoms with Crippen molar-refractivity contribution < 1.29 is 19.6 Å². The van der Waals surface area contributed by atoms with Crippen molar-refractivity contribution in [3.8, 4) is 0 Å². The minimum atomic E-state index is -0.916. The lowest BCUT2D eigenvalue weighted by molar-refractivity contribution is -0.385. The van der Waals surface area contributed by atoms with E-state index in [1.54, 1.807) is 6.92 Å². The Morgan fingerprint density at radius 3 is 2.62 bits per heavy atom. The summed E-state index contributed by atoms with van der Waals surface area (Å²) in [6, 6.07) is 4.17. The lowest BCUT2D eigenvalue weighted by Gasteiger charge is -2.41. The molecule has 0 bridgehead atoms. The Hall–Kier alpha value is -2.15. The number of rotatable bonds is 4. The summed E-state index contributed by atoms with van der Waals surface area (Å²) in [5.74, 6) is -2.10. The number of carbonyl (C=O) groups is 2. The first kappa shape index (κ1) is 15.2. The SMILES string of the molecule is CC(C(=O)O)C1CN(C(=O)c2cccc(Cl)c2[N+](=O)[O-])C1. The predicted molar refractivity (Wildman–Crippen MR) is 74.3 cm³/mol. The topological polar surface area (TPSA) is 101 Å². The largest absolute Gasteiger partial charge is 0.481 e. The second kappa shape index (κ2) is 5.69. The van der Waals surface area contributed by atoms with E-state index in [1.165, 1.54) is 23.1 Å². The first-order valence-electron chi connectivity index (χ1n) is 6.28. The van der Waals surface area contributed by atoms with Gasteiger partial charge in [-0.05, 0) is 12.1 Å². The van der Waals surface area contributed by atoms with Gasteiger partial charge in [-0.1, -0.05) is 24.6 Å². The quantitative estimate of drug-likeness (QED) is 0.677. The molecule has 1 heterocycles. The van der Waals surface area contributed by atoms with E-state index < -0.39 is 28.4 Å². The van der Waals surface area contributed by atoms with Gasteiger partial charge in [-0.3, -0.25) is 19.7 Å². The molecule has 7 nitrogen and oxygen atoms in total. The normalized spacial score (nSPS) is 16.2. The van der Waals surface area contributed by atoms with Crippen molar-refractivity contribution >= 4 is 29.2 Å². The Kier molecular flexibility index (Phi) is 4.13. The highest BCUT2D eigenvalue weighted by Crippen LogP contribution is 2.32. The number of carbonyl (C=O) groups excluding carboxylic acids is 1. The Labute approximate surface area is 125 Å². The van der Waals surface area contributed by atoms with Crippen molar-refractivity contribution in [1.29, 1.82) is 0 Å². The maximum Gasteiger partial charge on any atom is 0.306 e.